The van der Waals surface area contributed by atoms with E-state index in [4.69, 9.17) is 9.73 Å². The zero-order chi connectivity index (χ0) is 19.4. The van der Waals surface area contributed by atoms with Crippen molar-refractivity contribution in [3.63, 3.8) is 0 Å². The highest BCUT2D eigenvalue weighted by Gasteiger charge is 2.42. The summed E-state index contributed by atoms with van der Waals surface area (Å²) in [6.07, 6.45) is 3.69. The number of likely N-dealkylation sites (tertiary alicyclic amines) is 2. The predicted molar refractivity (Wildman–Crippen MR) is 114 cm³/mol. The number of hydrogen-bond donors (Lipinski definition) is 1. The number of nitrogens with zero attached hydrogens (tertiary/aromatic N) is 3. The number of ether oxygens (including phenoxy) is 1. The molecule has 3 atom stereocenters. The Morgan fingerprint density at radius 3 is 2.89 bits per heavy atom. The minimum Gasteiger partial charge on any atom is -0.381 e. The molecule has 1 aromatic rings. The molecule has 3 saturated heterocycles. The van der Waals surface area contributed by atoms with Gasteiger partial charge in [0.1, 0.15) is 0 Å². The standard InChI is InChI=1S/C23H36N4O/c1-3-24-22(26-11-9-23(17-26)10-12-28-18-23)25-14-21-13-19(2)27(16-21)15-20-7-5-4-6-8-20/h4-8,19,21H,3,9-18H2,1-2H3,(H,24,25). The Morgan fingerprint density at radius 1 is 1.29 bits per heavy atom. The molecule has 3 aliphatic heterocycles. The summed E-state index contributed by atoms with van der Waals surface area (Å²) in [5, 5.41) is 3.54. The first-order valence-corrected chi connectivity index (χ1v) is 11.1. The minimum atomic E-state index is 0.380. The van der Waals surface area contributed by atoms with Gasteiger partial charge in [-0.05, 0) is 44.6 Å². The van der Waals surface area contributed by atoms with Crippen LogP contribution in [0.1, 0.15) is 38.7 Å². The van der Waals surface area contributed by atoms with Crippen molar-refractivity contribution in [1.29, 1.82) is 0 Å². The van der Waals surface area contributed by atoms with Gasteiger partial charge in [-0.2, -0.15) is 0 Å². The van der Waals surface area contributed by atoms with E-state index in [0.717, 1.165) is 58.4 Å². The van der Waals surface area contributed by atoms with Crippen molar-refractivity contribution < 1.29 is 4.74 Å². The van der Waals surface area contributed by atoms with Crippen LogP contribution in [0.15, 0.2) is 35.3 Å². The number of aliphatic imine (C=N–C) groups is 1. The van der Waals surface area contributed by atoms with Crippen LogP contribution in [0.2, 0.25) is 0 Å². The third-order valence-electron chi connectivity index (χ3n) is 6.78. The van der Waals surface area contributed by atoms with Gasteiger partial charge in [0.05, 0.1) is 6.61 Å². The highest BCUT2D eigenvalue weighted by molar-refractivity contribution is 5.80. The molecule has 3 aliphatic rings. The van der Waals surface area contributed by atoms with Crippen LogP contribution in [-0.4, -0.2) is 67.7 Å². The second-order valence-corrected chi connectivity index (χ2v) is 9.03. The average Bonchev–Trinajstić information content (AvgIpc) is 3.42. The van der Waals surface area contributed by atoms with Gasteiger partial charge in [0, 0.05) is 57.3 Å². The lowest BCUT2D eigenvalue weighted by molar-refractivity contribution is 0.156. The summed E-state index contributed by atoms with van der Waals surface area (Å²) in [6, 6.07) is 11.5. The van der Waals surface area contributed by atoms with Crippen LogP contribution in [0, 0.1) is 11.3 Å². The molecule has 0 aliphatic carbocycles. The van der Waals surface area contributed by atoms with E-state index >= 15 is 0 Å². The molecule has 1 N–H and O–H groups in total. The molecule has 3 heterocycles. The Kier molecular flexibility index (Phi) is 6.22. The molecule has 5 nitrogen and oxygen atoms in total. The normalized spacial score (nSPS) is 31.2. The van der Waals surface area contributed by atoms with Gasteiger partial charge in [0.15, 0.2) is 5.96 Å². The number of benzene rings is 1. The van der Waals surface area contributed by atoms with Crippen molar-refractivity contribution in [3.8, 4) is 0 Å². The van der Waals surface area contributed by atoms with Gasteiger partial charge in [0.2, 0.25) is 0 Å². The van der Waals surface area contributed by atoms with Crippen LogP contribution >= 0.6 is 0 Å². The van der Waals surface area contributed by atoms with E-state index in [1.165, 1.54) is 24.8 Å². The van der Waals surface area contributed by atoms with Crippen molar-refractivity contribution in [3.05, 3.63) is 35.9 Å². The SMILES string of the molecule is CCNC(=NCC1CC(C)N(Cc2ccccc2)C1)N1CCC2(CCOC2)C1. The Morgan fingerprint density at radius 2 is 2.14 bits per heavy atom. The van der Waals surface area contributed by atoms with Gasteiger partial charge >= 0.3 is 0 Å². The first-order valence-electron chi connectivity index (χ1n) is 11.1. The van der Waals surface area contributed by atoms with E-state index in [0.29, 0.717) is 17.4 Å². The summed E-state index contributed by atoms with van der Waals surface area (Å²) >= 11 is 0. The van der Waals surface area contributed by atoms with Crippen LogP contribution in [0.4, 0.5) is 0 Å². The lowest BCUT2D eigenvalue weighted by Gasteiger charge is -2.25. The van der Waals surface area contributed by atoms with Gasteiger partial charge in [-0.3, -0.25) is 9.89 Å². The second-order valence-electron chi connectivity index (χ2n) is 9.03. The molecule has 4 rings (SSSR count). The van der Waals surface area contributed by atoms with Gasteiger partial charge < -0.3 is 15.0 Å². The summed E-state index contributed by atoms with van der Waals surface area (Å²) in [4.78, 5) is 10.2. The third-order valence-corrected chi connectivity index (χ3v) is 6.78. The second kappa shape index (κ2) is 8.83. The highest BCUT2D eigenvalue weighted by Crippen LogP contribution is 2.38. The number of nitrogens with one attached hydrogen (secondary N) is 1. The molecular weight excluding hydrogens is 348 g/mol. The van der Waals surface area contributed by atoms with Gasteiger partial charge in [-0.15, -0.1) is 0 Å². The molecule has 154 valence electrons. The Labute approximate surface area is 170 Å². The summed E-state index contributed by atoms with van der Waals surface area (Å²) < 4.78 is 5.69. The molecular formula is C23H36N4O. The van der Waals surface area contributed by atoms with E-state index in [9.17, 15) is 0 Å². The molecule has 0 aromatic heterocycles. The van der Waals surface area contributed by atoms with Gasteiger partial charge in [0.25, 0.3) is 0 Å². The summed E-state index contributed by atoms with van der Waals surface area (Å²) in [5.41, 5.74) is 1.79. The largest absolute Gasteiger partial charge is 0.381 e. The minimum absolute atomic E-state index is 0.380. The maximum atomic E-state index is 5.69. The van der Waals surface area contributed by atoms with Crippen LogP contribution in [0.5, 0.6) is 0 Å². The smallest absolute Gasteiger partial charge is 0.193 e. The molecule has 0 amide bonds. The zero-order valence-corrected chi connectivity index (χ0v) is 17.6. The fourth-order valence-corrected chi connectivity index (χ4v) is 5.12. The molecule has 1 aromatic carbocycles. The number of hydrogen-bond acceptors (Lipinski definition) is 3. The maximum Gasteiger partial charge on any atom is 0.193 e. The summed E-state index contributed by atoms with van der Waals surface area (Å²) in [5.74, 6) is 1.76. The molecule has 1 spiro atoms. The van der Waals surface area contributed by atoms with Crippen molar-refractivity contribution in [2.75, 3.05) is 45.9 Å². The van der Waals surface area contributed by atoms with Crippen LogP contribution < -0.4 is 5.32 Å². The Bertz CT molecular complexity index is 656. The highest BCUT2D eigenvalue weighted by atomic mass is 16.5. The topological polar surface area (TPSA) is 40.1 Å². The first kappa shape index (κ1) is 19.7. The third kappa shape index (κ3) is 4.52. The van der Waals surface area contributed by atoms with Crippen molar-refractivity contribution in [2.45, 2.75) is 45.7 Å². The fourth-order valence-electron chi connectivity index (χ4n) is 5.12. The maximum absolute atomic E-state index is 5.69. The van der Waals surface area contributed by atoms with Crippen LogP contribution in [-0.2, 0) is 11.3 Å². The van der Waals surface area contributed by atoms with Crippen molar-refractivity contribution in [2.24, 2.45) is 16.3 Å². The van der Waals surface area contributed by atoms with Crippen LogP contribution in [0.3, 0.4) is 0 Å². The molecule has 0 bridgehead atoms. The lowest BCUT2D eigenvalue weighted by atomic mass is 9.87. The van der Waals surface area contributed by atoms with E-state index in [1.807, 2.05) is 0 Å². The van der Waals surface area contributed by atoms with Gasteiger partial charge in [-0.25, -0.2) is 0 Å². The van der Waals surface area contributed by atoms with E-state index in [-0.39, 0.29) is 0 Å². The Hall–Kier alpha value is -1.59. The Balaban J connectivity index is 1.34. The van der Waals surface area contributed by atoms with E-state index in [2.05, 4.69) is 59.3 Å². The molecule has 0 saturated carbocycles. The van der Waals surface area contributed by atoms with E-state index < -0.39 is 0 Å². The average molecular weight is 385 g/mol. The first-order chi connectivity index (χ1) is 13.7. The lowest BCUT2D eigenvalue weighted by Crippen LogP contribution is -2.41. The number of guanidine groups is 1. The fraction of sp³-hybridized carbons (Fsp3) is 0.696. The van der Waals surface area contributed by atoms with Crippen molar-refractivity contribution in [1.82, 2.24) is 15.1 Å². The zero-order valence-electron chi connectivity index (χ0n) is 17.6. The molecule has 3 fully saturated rings. The molecule has 3 unspecified atom stereocenters. The number of rotatable bonds is 5. The molecule has 28 heavy (non-hydrogen) atoms. The summed E-state index contributed by atoms with van der Waals surface area (Å²) in [6.45, 7) is 12.7. The molecule has 5 heteroatoms. The van der Waals surface area contributed by atoms with Gasteiger partial charge in [-0.1, -0.05) is 30.3 Å². The molecule has 0 radical (unpaired) electrons. The van der Waals surface area contributed by atoms with E-state index in [1.54, 1.807) is 0 Å². The van der Waals surface area contributed by atoms with Crippen LogP contribution in [0.25, 0.3) is 0 Å². The predicted octanol–water partition coefficient (Wildman–Crippen LogP) is 2.97. The monoisotopic (exact) mass is 384 g/mol. The van der Waals surface area contributed by atoms with Crippen molar-refractivity contribution >= 4 is 5.96 Å². The summed E-state index contributed by atoms with van der Waals surface area (Å²) in [7, 11) is 0. The quantitative estimate of drug-likeness (QED) is 0.626.